The highest BCUT2D eigenvalue weighted by atomic mass is 16.4. The Bertz CT molecular complexity index is 331. The summed E-state index contributed by atoms with van der Waals surface area (Å²) in [5, 5.41) is 12.8. The SMILES string of the molecule is CC(=O)NN1CCC[C@@]1(NC(C)=O)C(=O)O. The molecule has 0 saturated carbocycles. The Labute approximate surface area is 92.8 Å². The molecule has 1 saturated heterocycles. The maximum Gasteiger partial charge on any atom is 0.346 e. The standard InChI is InChI=1S/C9H15N3O4/c1-6(13)10-9(8(15)16)4-3-5-12(9)11-7(2)14/h3-5H2,1-2H3,(H,10,13)(H,11,14)(H,15,16)/t9-/m0/s1. The average molecular weight is 229 g/mol. The van der Waals surface area contributed by atoms with Crippen LogP contribution in [0.5, 0.6) is 0 Å². The quantitative estimate of drug-likeness (QED) is 0.579. The number of amides is 2. The van der Waals surface area contributed by atoms with Gasteiger partial charge in [-0.1, -0.05) is 0 Å². The van der Waals surface area contributed by atoms with E-state index in [-0.39, 0.29) is 12.3 Å². The number of rotatable bonds is 3. The van der Waals surface area contributed by atoms with Crippen LogP contribution in [0.25, 0.3) is 0 Å². The van der Waals surface area contributed by atoms with Gasteiger partial charge in [-0.15, -0.1) is 0 Å². The van der Waals surface area contributed by atoms with Crippen molar-refractivity contribution in [3.05, 3.63) is 0 Å². The molecule has 0 bridgehead atoms. The zero-order chi connectivity index (χ0) is 12.3. The Hall–Kier alpha value is -1.63. The molecule has 0 aliphatic carbocycles. The number of hydrogen-bond acceptors (Lipinski definition) is 4. The lowest BCUT2D eigenvalue weighted by Crippen LogP contribution is -2.66. The van der Waals surface area contributed by atoms with E-state index < -0.39 is 17.5 Å². The molecule has 0 aromatic rings. The molecule has 0 unspecified atom stereocenters. The predicted molar refractivity (Wildman–Crippen MR) is 53.9 cm³/mol. The van der Waals surface area contributed by atoms with Crippen LogP contribution in [0.4, 0.5) is 0 Å². The van der Waals surface area contributed by atoms with E-state index in [0.717, 1.165) is 0 Å². The summed E-state index contributed by atoms with van der Waals surface area (Å²) in [6.07, 6.45) is 0.856. The monoisotopic (exact) mass is 229 g/mol. The van der Waals surface area contributed by atoms with Crippen molar-refractivity contribution in [2.75, 3.05) is 6.54 Å². The smallest absolute Gasteiger partial charge is 0.346 e. The van der Waals surface area contributed by atoms with Gasteiger partial charge < -0.3 is 10.4 Å². The topological polar surface area (TPSA) is 98.7 Å². The molecular formula is C9H15N3O4. The van der Waals surface area contributed by atoms with Gasteiger partial charge in [0.1, 0.15) is 0 Å². The van der Waals surface area contributed by atoms with E-state index in [9.17, 15) is 19.5 Å². The summed E-state index contributed by atoms with van der Waals surface area (Å²) in [7, 11) is 0. The molecule has 0 spiro atoms. The lowest BCUT2D eigenvalue weighted by Gasteiger charge is -2.34. The minimum absolute atomic E-state index is 0.266. The third-order valence-corrected chi connectivity index (χ3v) is 2.41. The van der Waals surface area contributed by atoms with Crippen molar-refractivity contribution in [2.45, 2.75) is 32.4 Å². The van der Waals surface area contributed by atoms with Crippen molar-refractivity contribution >= 4 is 17.8 Å². The van der Waals surface area contributed by atoms with Gasteiger partial charge in [-0.3, -0.25) is 15.0 Å². The van der Waals surface area contributed by atoms with Crippen LogP contribution in [0.2, 0.25) is 0 Å². The fourth-order valence-electron chi connectivity index (χ4n) is 1.86. The van der Waals surface area contributed by atoms with Crippen LogP contribution >= 0.6 is 0 Å². The Morgan fingerprint density at radius 3 is 2.31 bits per heavy atom. The van der Waals surface area contributed by atoms with Crippen molar-refractivity contribution in [1.29, 1.82) is 0 Å². The maximum atomic E-state index is 11.2. The summed E-state index contributed by atoms with van der Waals surface area (Å²) in [5.74, 6) is -1.98. The average Bonchev–Trinajstić information content (AvgIpc) is 2.47. The van der Waals surface area contributed by atoms with Gasteiger partial charge >= 0.3 is 5.97 Å². The van der Waals surface area contributed by atoms with E-state index in [2.05, 4.69) is 10.7 Å². The number of carboxylic acids is 1. The number of hydrazine groups is 1. The fraction of sp³-hybridized carbons (Fsp3) is 0.667. The molecule has 2 amide bonds. The molecule has 7 nitrogen and oxygen atoms in total. The molecule has 90 valence electrons. The zero-order valence-electron chi connectivity index (χ0n) is 9.24. The molecule has 7 heteroatoms. The molecular weight excluding hydrogens is 214 g/mol. The van der Waals surface area contributed by atoms with E-state index in [1.165, 1.54) is 18.9 Å². The third-order valence-electron chi connectivity index (χ3n) is 2.41. The summed E-state index contributed by atoms with van der Waals surface area (Å²) in [4.78, 5) is 33.2. The minimum Gasteiger partial charge on any atom is -0.478 e. The second kappa shape index (κ2) is 4.48. The molecule has 1 aliphatic rings. The lowest BCUT2D eigenvalue weighted by atomic mass is 10.1. The van der Waals surface area contributed by atoms with Crippen LogP contribution in [0.3, 0.4) is 0 Å². The molecule has 1 rings (SSSR count). The van der Waals surface area contributed by atoms with Crippen molar-refractivity contribution in [3.63, 3.8) is 0 Å². The normalized spacial score (nSPS) is 25.1. The van der Waals surface area contributed by atoms with Gasteiger partial charge in [-0.05, 0) is 12.8 Å². The van der Waals surface area contributed by atoms with Crippen LogP contribution in [-0.4, -0.2) is 40.1 Å². The Kier molecular flexibility index (Phi) is 3.48. The van der Waals surface area contributed by atoms with Crippen LogP contribution < -0.4 is 10.7 Å². The number of hydrogen-bond donors (Lipinski definition) is 3. The van der Waals surface area contributed by atoms with Crippen LogP contribution in [0, 0.1) is 0 Å². The van der Waals surface area contributed by atoms with Crippen molar-refractivity contribution < 1.29 is 19.5 Å². The van der Waals surface area contributed by atoms with Gasteiger partial charge in [0.05, 0.1) is 0 Å². The number of nitrogens with zero attached hydrogens (tertiary/aromatic N) is 1. The molecule has 3 N–H and O–H groups in total. The summed E-state index contributed by atoms with van der Waals surface area (Å²) < 4.78 is 0. The highest BCUT2D eigenvalue weighted by molar-refractivity contribution is 5.86. The predicted octanol–water partition coefficient (Wildman–Crippen LogP) is -0.950. The molecule has 0 aromatic carbocycles. The fourth-order valence-corrected chi connectivity index (χ4v) is 1.86. The van der Waals surface area contributed by atoms with Crippen molar-refractivity contribution in [1.82, 2.24) is 15.8 Å². The van der Waals surface area contributed by atoms with Gasteiger partial charge in [-0.2, -0.15) is 5.01 Å². The summed E-state index contributed by atoms with van der Waals surface area (Å²) in [6, 6.07) is 0. The third kappa shape index (κ3) is 2.30. The first kappa shape index (κ1) is 12.4. The van der Waals surface area contributed by atoms with Gasteiger partial charge in [0.25, 0.3) is 0 Å². The van der Waals surface area contributed by atoms with Crippen molar-refractivity contribution in [3.8, 4) is 0 Å². The van der Waals surface area contributed by atoms with E-state index in [1.807, 2.05) is 0 Å². The first-order valence-electron chi connectivity index (χ1n) is 4.95. The van der Waals surface area contributed by atoms with E-state index in [0.29, 0.717) is 13.0 Å². The summed E-state index contributed by atoms with van der Waals surface area (Å²) >= 11 is 0. The van der Waals surface area contributed by atoms with Gasteiger partial charge in [0.15, 0.2) is 0 Å². The Morgan fingerprint density at radius 2 is 1.88 bits per heavy atom. The lowest BCUT2D eigenvalue weighted by molar-refractivity contribution is -0.158. The van der Waals surface area contributed by atoms with E-state index >= 15 is 0 Å². The number of carbonyl (C=O) groups excluding carboxylic acids is 2. The second-order valence-electron chi connectivity index (χ2n) is 3.77. The molecule has 16 heavy (non-hydrogen) atoms. The minimum atomic E-state index is -1.52. The molecule has 1 fully saturated rings. The second-order valence-corrected chi connectivity index (χ2v) is 3.77. The van der Waals surface area contributed by atoms with Crippen LogP contribution in [0.1, 0.15) is 26.7 Å². The van der Waals surface area contributed by atoms with Crippen LogP contribution in [0.15, 0.2) is 0 Å². The van der Waals surface area contributed by atoms with Gasteiger partial charge in [-0.25, -0.2) is 4.79 Å². The number of carboxylic acid groups (broad SMARTS) is 1. The van der Waals surface area contributed by atoms with Gasteiger partial charge in [0.2, 0.25) is 17.5 Å². The van der Waals surface area contributed by atoms with Crippen molar-refractivity contribution in [2.24, 2.45) is 0 Å². The molecule has 1 atom stereocenters. The molecule has 1 heterocycles. The first-order valence-corrected chi connectivity index (χ1v) is 4.95. The number of aliphatic carboxylic acids is 1. The van der Waals surface area contributed by atoms with Gasteiger partial charge in [0, 0.05) is 20.4 Å². The summed E-state index contributed by atoms with van der Waals surface area (Å²) in [6.45, 7) is 2.93. The highest BCUT2D eigenvalue weighted by Gasteiger charge is 2.49. The Morgan fingerprint density at radius 1 is 1.25 bits per heavy atom. The number of nitrogens with one attached hydrogen (secondary N) is 2. The first-order chi connectivity index (χ1) is 7.38. The van der Waals surface area contributed by atoms with E-state index in [1.54, 1.807) is 0 Å². The largest absolute Gasteiger partial charge is 0.478 e. The highest BCUT2D eigenvalue weighted by Crippen LogP contribution is 2.25. The Balaban J connectivity index is 2.93. The zero-order valence-corrected chi connectivity index (χ0v) is 9.24. The van der Waals surface area contributed by atoms with E-state index in [4.69, 9.17) is 0 Å². The maximum absolute atomic E-state index is 11.2. The molecule has 1 aliphatic heterocycles. The summed E-state index contributed by atoms with van der Waals surface area (Å²) in [5.41, 5.74) is 0.902. The van der Waals surface area contributed by atoms with Crippen LogP contribution in [-0.2, 0) is 14.4 Å². The molecule has 0 aromatic heterocycles. The molecule has 0 radical (unpaired) electrons. The number of carbonyl (C=O) groups is 3.